The highest BCUT2D eigenvalue weighted by molar-refractivity contribution is 7.87. The monoisotopic (exact) mass is 449 g/mol. The molecule has 0 bridgehead atoms. The Labute approximate surface area is 176 Å². The lowest BCUT2D eigenvalue weighted by Crippen LogP contribution is -2.61. The smallest absolute Gasteiger partial charge is 0.380 e. The first-order chi connectivity index (χ1) is 13.8. The van der Waals surface area contributed by atoms with Crippen LogP contribution in [0, 0.1) is 28.6 Å². The topological polar surface area (TPSA) is 63.7 Å². The Morgan fingerprint density at radius 1 is 1.17 bits per heavy atom. The number of fused-ring (bicyclic) bond motifs is 5. The first kappa shape index (κ1) is 22.0. The summed E-state index contributed by atoms with van der Waals surface area (Å²) >= 11 is 0. The molecule has 1 heterocycles. The van der Waals surface area contributed by atoms with Gasteiger partial charge in [0.05, 0.1) is 0 Å². The van der Waals surface area contributed by atoms with Gasteiger partial charge in [0.2, 0.25) is 5.91 Å². The van der Waals surface area contributed by atoms with Gasteiger partial charge in [-0.25, -0.2) is 0 Å². The molecule has 1 aliphatic heterocycles. The Kier molecular flexibility index (Phi) is 5.03. The highest BCUT2D eigenvalue weighted by Gasteiger charge is 2.61. The number of allylic oxidation sites excluding steroid dienone is 2. The summed E-state index contributed by atoms with van der Waals surface area (Å²) in [5.41, 5.74) is -6.13. The summed E-state index contributed by atoms with van der Waals surface area (Å²) in [5, 5.41) is 0. The SMILES string of the molecule is CC(=O)N1CCC[C@@]2(C)[C@@H]1CC[C@@H]1[C@@H]2CC[C@]2(C)C(OS(=O)(=O)C(F)(F)F)=CC[C@@H]12. The quantitative estimate of drug-likeness (QED) is 0.457. The Bertz CT molecular complexity index is 870. The third-order valence-corrected chi connectivity index (χ3v) is 9.67. The van der Waals surface area contributed by atoms with Crippen LogP contribution in [-0.4, -0.2) is 37.3 Å². The molecule has 30 heavy (non-hydrogen) atoms. The van der Waals surface area contributed by atoms with Crippen molar-refractivity contribution >= 4 is 16.0 Å². The minimum Gasteiger partial charge on any atom is -0.380 e. The molecular weight excluding hydrogens is 419 g/mol. The fourth-order valence-electron chi connectivity index (χ4n) is 7.29. The van der Waals surface area contributed by atoms with Crippen LogP contribution in [0.1, 0.15) is 65.7 Å². The second kappa shape index (κ2) is 6.87. The number of piperidine rings is 1. The molecule has 0 aromatic rings. The number of rotatable bonds is 2. The second-order valence-electron chi connectivity index (χ2n) is 10.0. The molecule has 1 saturated heterocycles. The van der Waals surface area contributed by atoms with E-state index in [2.05, 4.69) is 11.1 Å². The van der Waals surface area contributed by atoms with Gasteiger partial charge >= 0.3 is 15.6 Å². The van der Waals surface area contributed by atoms with Crippen molar-refractivity contribution in [3.8, 4) is 0 Å². The summed E-state index contributed by atoms with van der Waals surface area (Å²) in [7, 11) is -5.66. The third kappa shape index (κ3) is 3.09. The highest BCUT2D eigenvalue weighted by atomic mass is 32.2. The van der Waals surface area contributed by atoms with Crippen molar-refractivity contribution in [2.24, 2.45) is 28.6 Å². The lowest BCUT2D eigenvalue weighted by Gasteiger charge is -2.61. The fraction of sp³-hybridized carbons (Fsp3) is 0.857. The minimum absolute atomic E-state index is 0.00414. The van der Waals surface area contributed by atoms with Gasteiger partial charge in [-0.15, -0.1) is 0 Å². The van der Waals surface area contributed by atoms with E-state index in [-0.39, 0.29) is 29.0 Å². The first-order valence-electron chi connectivity index (χ1n) is 10.8. The van der Waals surface area contributed by atoms with Gasteiger partial charge in [0.1, 0.15) is 5.76 Å². The van der Waals surface area contributed by atoms with Crippen LogP contribution in [0.3, 0.4) is 0 Å². The minimum atomic E-state index is -5.66. The molecule has 5 nitrogen and oxygen atoms in total. The van der Waals surface area contributed by atoms with Crippen molar-refractivity contribution in [1.29, 1.82) is 0 Å². The molecule has 4 aliphatic rings. The summed E-state index contributed by atoms with van der Waals surface area (Å²) < 4.78 is 66.5. The molecule has 6 atom stereocenters. The molecule has 0 aromatic heterocycles. The molecule has 0 N–H and O–H groups in total. The van der Waals surface area contributed by atoms with Gasteiger partial charge in [0.15, 0.2) is 0 Å². The van der Waals surface area contributed by atoms with Crippen molar-refractivity contribution in [2.45, 2.75) is 77.3 Å². The number of nitrogens with zero attached hydrogens (tertiary/aromatic N) is 1. The molecule has 0 unspecified atom stereocenters. The van der Waals surface area contributed by atoms with Crippen molar-refractivity contribution in [2.75, 3.05) is 6.54 Å². The number of carbonyl (C=O) groups excluding carboxylic acids is 1. The van der Waals surface area contributed by atoms with Crippen LogP contribution < -0.4 is 0 Å². The van der Waals surface area contributed by atoms with Gasteiger partial charge in [-0.1, -0.05) is 13.8 Å². The van der Waals surface area contributed by atoms with E-state index >= 15 is 0 Å². The van der Waals surface area contributed by atoms with E-state index in [9.17, 15) is 26.4 Å². The Balaban J connectivity index is 1.58. The lowest BCUT2D eigenvalue weighted by atomic mass is 9.47. The van der Waals surface area contributed by atoms with Crippen LogP contribution in [0.25, 0.3) is 0 Å². The number of hydrogen-bond donors (Lipinski definition) is 0. The maximum atomic E-state index is 12.9. The van der Waals surface area contributed by atoms with Crippen LogP contribution in [0.15, 0.2) is 11.8 Å². The predicted octanol–water partition coefficient (Wildman–Crippen LogP) is 4.60. The van der Waals surface area contributed by atoms with Gasteiger partial charge < -0.3 is 9.08 Å². The van der Waals surface area contributed by atoms with Crippen LogP contribution in [0.4, 0.5) is 13.2 Å². The van der Waals surface area contributed by atoms with Crippen LogP contribution in [0.2, 0.25) is 0 Å². The maximum Gasteiger partial charge on any atom is 0.534 e. The molecule has 0 spiro atoms. The number of carbonyl (C=O) groups is 1. The number of likely N-dealkylation sites (tertiary alicyclic amines) is 1. The number of hydrogen-bond acceptors (Lipinski definition) is 4. The van der Waals surface area contributed by atoms with E-state index in [1.807, 2.05) is 11.8 Å². The summed E-state index contributed by atoms with van der Waals surface area (Å²) in [6.07, 6.45) is 7.32. The van der Waals surface area contributed by atoms with Gasteiger partial charge in [-0.3, -0.25) is 4.79 Å². The maximum absolute atomic E-state index is 12.9. The molecule has 170 valence electrons. The third-order valence-electron chi connectivity index (χ3n) is 8.71. The van der Waals surface area contributed by atoms with Crippen molar-refractivity contribution in [3.05, 3.63) is 11.8 Å². The average molecular weight is 450 g/mol. The molecule has 2 saturated carbocycles. The van der Waals surface area contributed by atoms with E-state index in [1.54, 1.807) is 13.0 Å². The van der Waals surface area contributed by atoms with Crippen LogP contribution >= 0.6 is 0 Å². The molecule has 9 heteroatoms. The van der Waals surface area contributed by atoms with Crippen molar-refractivity contribution in [3.63, 3.8) is 0 Å². The Morgan fingerprint density at radius 3 is 2.50 bits per heavy atom. The summed E-state index contributed by atoms with van der Waals surface area (Å²) in [4.78, 5) is 14.2. The lowest BCUT2D eigenvalue weighted by molar-refractivity contribution is -0.153. The zero-order valence-corrected chi connectivity index (χ0v) is 18.5. The standard InChI is InChI=1S/C21H30F3NO4S/c1-13(26)25-12-4-10-19(2)16-9-11-20(3)15(14(16)5-7-17(19)25)6-8-18(20)29-30(27,28)21(22,23)24/h8,14-17H,4-7,9-12H2,1-3H3/t14-,15-,16-,17-,19+,20-/m0/s1. The summed E-state index contributed by atoms with van der Waals surface area (Å²) in [6.45, 7) is 6.56. The molecule has 4 rings (SSSR count). The highest BCUT2D eigenvalue weighted by Crippen LogP contribution is 2.65. The van der Waals surface area contributed by atoms with Gasteiger partial charge in [-0.2, -0.15) is 21.6 Å². The normalized spacial score (nSPS) is 41.4. The Hall–Kier alpha value is -1.25. The van der Waals surface area contributed by atoms with Gasteiger partial charge in [0, 0.05) is 24.9 Å². The van der Waals surface area contributed by atoms with E-state index in [1.165, 1.54) is 0 Å². The van der Waals surface area contributed by atoms with E-state index < -0.39 is 21.0 Å². The molecule has 0 radical (unpaired) electrons. The zero-order valence-electron chi connectivity index (χ0n) is 17.7. The fourth-order valence-corrected chi connectivity index (χ4v) is 7.87. The summed E-state index contributed by atoms with van der Waals surface area (Å²) in [5.74, 6) is 0.816. The van der Waals surface area contributed by atoms with Gasteiger partial charge in [-0.05, 0) is 74.2 Å². The van der Waals surface area contributed by atoms with Crippen LogP contribution in [0.5, 0.6) is 0 Å². The largest absolute Gasteiger partial charge is 0.534 e. The van der Waals surface area contributed by atoms with Crippen LogP contribution in [-0.2, 0) is 19.1 Å². The summed E-state index contributed by atoms with van der Waals surface area (Å²) in [6, 6.07) is 0.213. The predicted molar refractivity (Wildman–Crippen MR) is 104 cm³/mol. The van der Waals surface area contributed by atoms with E-state index in [0.29, 0.717) is 24.7 Å². The van der Waals surface area contributed by atoms with E-state index in [0.717, 1.165) is 38.6 Å². The van der Waals surface area contributed by atoms with Gasteiger partial charge in [0.25, 0.3) is 0 Å². The average Bonchev–Trinajstić information content (AvgIpc) is 2.95. The zero-order chi connectivity index (χ0) is 22.1. The molecule has 3 fully saturated rings. The van der Waals surface area contributed by atoms with E-state index in [4.69, 9.17) is 0 Å². The molecular formula is C21H30F3NO4S. The molecule has 3 aliphatic carbocycles. The number of amides is 1. The van der Waals surface area contributed by atoms with Crippen molar-refractivity contribution < 1.29 is 30.6 Å². The molecule has 0 aromatic carbocycles. The Morgan fingerprint density at radius 2 is 1.87 bits per heavy atom. The number of halogens is 3. The first-order valence-corrected chi connectivity index (χ1v) is 12.2. The van der Waals surface area contributed by atoms with Crippen molar-refractivity contribution in [1.82, 2.24) is 4.90 Å². The molecule has 1 amide bonds. The number of alkyl halides is 3. The second-order valence-corrected chi connectivity index (χ2v) is 11.6.